The van der Waals surface area contributed by atoms with Gasteiger partial charge in [0, 0.05) is 24.0 Å². The molecule has 174 valence electrons. The first-order valence-corrected chi connectivity index (χ1v) is 10.9. The first-order valence-electron chi connectivity index (χ1n) is 10.9. The van der Waals surface area contributed by atoms with Crippen LogP contribution < -0.4 is 10.7 Å². The monoisotopic (exact) mass is 469 g/mol. The minimum absolute atomic E-state index is 0.00440. The molecule has 0 spiro atoms. The molecular formula is C26H20FN5O3. The van der Waals surface area contributed by atoms with E-state index >= 15 is 0 Å². The van der Waals surface area contributed by atoms with Crippen LogP contribution in [-0.4, -0.2) is 25.6 Å². The zero-order valence-corrected chi connectivity index (χ0v) is 18.7. The summed E-state index contributed by atoms with van der Waals surface area (Å²) >= 11 is 0. The van der Waals surface area contributed by atoms with Crippen LogP contribution in [0.1, 0.15) is 11.3 Å². The predicted molar refractivity (Wildman–Crippen MR) is 128 cm³/mol. The van der Waals surface area contributed by atoms with Crippen molar-refractivity contribution in [2.45, 2.75) is 20.0 Å². The number of benzene rings is 2. The van der Waals surface area contributed by atoms with E-state index in [0.717, 1.165) is 5.56 Å². The molecular weight excluding hydrogens is 449 g/mol. The van der Waals surface area contributed by atoms with E-state index in [1.54, 1.807) is 16.7 Å². The van der Waals surface area contributed by atoms with E-state index in [-0.39, 0.29) is 41.0 Å². The molecule has 35 heavy (non-hydrogen) atoms. The summed E-state index contributed by atoms with van der Waals surface area (Å²) in [4.78, 5) is 34.8. The fourth-order valence-electron chi connectivity index (χ4n) is 3.69. The molecule has 0 unspecified atom stereocenters. The van der Waals surface area contributed by atoms with E-state index in [2.05, 4.69) is 20.4 Å². The van der Waals surface area contributed by atoms with Crippen molar-refractivity contribution in [1.82, 2.24) is 25.0 Å². The maximum atomic E-state index is 13.3. The van der Waals surface area contributed by atoms with Crippen molar-refractivity contribution in [3.8, 4) is 22.8 Å². The number of rotatable bonds is 6. The number of hydrogen-bond acceptors (Lipinski definition) is 6. The second kappa shape index (κ2) is 9.30. The molecule has 3 aromatic heterocycles. The third-order valence-corrected chi connectivity index (χ3v) is 5.47. The third-order valence-electron chi connectivity index (χ3n) is 5.47. The van der Waals surface area contributed by atoms with Gasteiger partial charge in [-0.3, -0.25) is 9.59 Å². The Hall–Kier alpha value is -4.66. The van der Waals surface area contributed by atoms with Crippen LogP contribution in [0.15, 0.2) is 82.2 Å². The number of aryl methyl sites for hydroxylation is 1. The van der Waals surface area contributed by atoms with Crippen LogP contribution in [0.25, 0.3) is 33.9 Å². The summed E-state index contributed by atoms with van der Waals surface area (Å²) in [6.45, 7) is 2.12. The van der Waals surface area contributed by atoms with Gasteiger partial charge in [-0.1, -0.05) is 35.5 Å². The lowest BCUT2D eigenvalue weighted by molar-refractivity contribution is -0.121. The van der Waals surface area contributed by atoms with Gasteiger partial charge in [0.05, 0.1) is 5.39 Å². The first-order chi connectivity index (χ1) is 17.0. The molecule has 0 atom stereocenters. The molecule has 5 aromatic rings. The minimum atomic E-state index is -0.386. The fraction of sp³-hybridized carbons (Fsp3) is 0.115. The average molecular weight is 469 g/mol. The Balaban J connectivity index is 1.50. The van der Waals surface area contributed by atoms with Crippen LogP contribution in [0, 0.1) is 12.7 Å². The van der Waals surface area contributed by atoms with Gasteiger partial charge >= 0.3 is 0 Å². The Morgan fingerprint density at radius 2 is 1.80 bits per heavy atom. The fourth-order valence-corrected chi connectivity index (χ4v) is 3.69. The van der Waals surface area contributed by atoms with Gasteiger partial charge in [0.1, 0.15) is 23.6 Å². The Morgan fingerprint density at radius 3 is 2.57 bits per heavy atom. The number of nitrogens with zero attached hydrogens (tertiary/aromatic N) is 4. The van der Waals surface area contributed by atoms with Crippen LogP contribution >= 0.6 is 0 Å². The Morgan fingerprint density at radius 1 is 1.03 bits per heavy atom. The summed E-state index contributed by atoms with van der Waals surface area (Å²) in [6.07, 6.45) is 1.50. The molecule has 8 nitrogen and oxygen atoms in total. The summed E-state index contributed by atoms with van der Waals surface area (Å²) in [5.41, 5.74) is 2.40. The molecule has 1 amide bonds. The second-order valence-electron chi connectivity index (χ2n) is 8.02. The molecule has 0 aliphatic carbocycles. The lowest BCUT2D eigenvalue weighted by atomic mass is 10.1. The molecule has 0 saturated carbocycles. The number of aromatic nitrogens is 4. The van der Waals surface area contributed by atoms with Crippen molar-refractivity contribution in [1.29, 1.82) is 0 Å². The molecule has 5 rings (SSSR count). The maximum Gasteiger partial charge on any atom is 0.263 e. The van der Waals surface area contributed by atoms with Gasteiger partial charge in [-0.05, 0) is 48.9 Å². The molecule has 9 heteroatoms. The van der Waals surface area contributed by atoms with E-state index in [9.17, 15) is 14.0 Å². The summed E-state index contributed by atoms with van der Waals surface area (Å²) in [7, 11) is 0. The molecule has 3 heterocycles. The van der Waals surface area contributed by atoms with Crippen molar-refractivity contribution in [3.63, 3.8) is 0 Å². The zero-order valence-electron chi connectivity index (χ0n) is 18.7. The topological polar surface area (TPSA) is 103 Å². The zero-order chi connectivity index (χ0) is 24.4. The molecule has 0 radical (unpaired) electrons. The van der Waals surface area contributed by atoms with Crippen molar-refractivity contribution in [3.05, 3.63) is 100 Å². The number of halogens is 1. The van der Waals surface area contributed by atoms with Crippen LogP contribution in [0.3, 0.4) is 0 Å². The maximum absolute atomic E-state index is 13.3. The van der Waals surface area contributed by atoms with Gasteiger partial charge in [-0.25, -0.2) is 9.37 Å². The number of amides is 1. The molecule has 1 N–H and O–H groups in total. The first kappa shape index (κ1) is 22.1. The number of carbonyl (C=O) groups is 1. The molecule has 0 aliphatic rings. The van der Waals surface area contributed by atoms with E-state index in [1.165, 1.54) is 30.5 Å². The Kier molecular flexibility index (Phi) is 5.88. The predicted octanol–water partition coefficient (Wildman–Crippen LogP) is 3.88. The lowest BCUT2D eigenvalue weighted by Crippen LogP contribution is -2.28. The molecule has 0 fully saturated rings. The summed E-state index contributed by atoms with van der Waals surface area (Å²) in [6, 6.07) is 18.6. The Labute approximate surface area is 199 Å². The van der Waals surface area contributed by atoms with Crippen molar-refractivity contribution in [2.75, 3.05) is 0 Å². The van der Waals surface area contributed by atoms with Gasteiger partial charge in [0.15, 0.2) is 0 Å². The number of carbonyl (C=O) groups excluding carboxylic acids is 1. The number of pyridine rings is 2. The average Bonchev–Trinajstić information content (AvgIpc) is 3.35. The van der Waals surface area contributed by atoms with Gasteiger partial charge in [0.25, 0.3) is 5.89 Å². The normalized spacial score (nSPS) is 11.0. The third kappa shape index (κ3) is 4.70. The number of nitrogens with one attached hydrogen (secondary N) is 1. The molecule has 2 aromatic carbocycles. The number of hydrogen-bond donors (Lipinski definition) is 1. The van der Waals surface area contributed by atoms with Gasteiger partial charge in [-0.15, -0.1) is 0 Å². The van der Waals surface area contributed by atoms with E-state index in [4.69, 9.17) is 4.52 Å². The summed E-state index contributed by atoms with van der Waals surface area (Å²) in [5.74, 6) is -0.419. The highest BCUT2D eigenvalue weighted by Crippen LogP contribution is 2.22. The van der Waals surface area contributed by atoms with Crippen LogP contribution in [0.2, 0.25) is 0 Å². The van der Waals surface area contributed by atoms with E-state index in [0.29, 0.717) is 28.8 Å². The van der Waals surface area contributed by atoms with Crippen molar-refractivity contribution < 1.29 is 13.7 Å². The van der Waals surface area contributed by atoms with Gasteiger partial charge in [0.2, 0.25) is 17.2 Å². The quantitative estimate of drug-likeness (QED) is 0.405. The highest BCUT2D eigenvalue weighted by Gasteiger charge is 2.19. The lowest BCUT2D eigenvalue weighted by Gasteiger charge is -2.12. The van der Waals surface area contributed by atoms with Crippen LogP contribution in [0.4, 0.5) is 4.39 Å². The van der Waals surface area contributed by atoms with E-state index < -0.39 is 0 Å². The van der Waals surface area contributed by atoms with Gasteiger partial charge in [-0.2, -0.15) is 4.98 Å². The van der Waals surface area contributed by atoms with Crippen LogP contribution in [-0.2, 0) is 17.9 Å². The van der Waals surface area contributed by atoms with E-state index in [1.807, 2.05) is 37.3 Å². The smallest absolute Gasteiger partial charge is 0.263 e. The molecule has 0 saturated heterocycles. The van der Waals surface area contributed by atoms with Crippen molar-refractivity contribution >= 4 is 16.9 Å². The van der Waals surface area contributed by atoms with Gasteiger partial charge < -0.3 is 14.4 Å². The second-order valence-corrected chi connectivity index (χ2v) is 8.02. The van der Waals surface area contributed by atoms with Crippen molar-refractivity contribution in [2.24, 2.45) is 0 Å². The largest absolute Gasteiger partial charge is 0.350 e. The highest BCUT2D eigenvalue weighted by molar-refractivity contribution is 5.83. The molecule has 0 bridgehead atoms. The number of fused-ring (bicyclic) bond motifs is 1. The minimum Gasteiger partial charge on any atom is -0.350 e. The molecule has 0 aliphatic heterocycles. The Bertz CT molecular complexity index is 1580. The highest BCUT2D eigenvalue weighted by atomic mass is 19.1. The standard InChI is InChI=1S/C26H20FN5O3/c1-16-7-12-20-23(34)21(26-30-24(31-35-26)18-8-10-19(27)11-9-18)14-32(25(20)29-16)15-22(33)28-13-17-5-3-2-4-6-17/h2-12,14H,13,15H2,1H3,(H,28,33). The summed E-state index contributed by atoms with van der Waals surface area (Å²) < 4.78 is 20.2. The van der Waals surface area contributed by atoms with Crippen LogP contribution in [0.5, 0.6) is 0 Å². The SMILES string of the molecule is Cc1ccc2c(=O)c(-c3nc(-c4ccc(F)cc4)no3)cn(CC(=O)NCc3ccccc3)c2n1. The summed E-state index contributed by atoms with van der Waals surface area (Å²) in [5, 5.41) is 7.14.